The average Bonchev–Trinajstić information content (AvgIpc) is 2.67. The van der Waals surface area contributed by atoms with Gasteiger partial charge < -0.3 is 4.42 Å². The highest BCUT2D eigenvalue weighted by Gasteiger charge is 2.01. The van der Waals surface area contributed by atoms with Crippen molar-refractivity contribution >= 4 is 0 Å². The zero-order chi connectivity index (χ0) is 9.10. The van der Waals surface area contributed by atoms with Gasteiger partial charge in [0.2, 0.25) is 0 Å². The largest absolute Gasteiger partial charge is 0.464 e. The van der Waals surface area contributed by atoms with Gasteiger partial charge in [-0.25, -0.2) is 0 Å². The summed E-state index contributed by atoms with van der Waals surface area (Å²) in [5.41, 5.74) is 2.39. The van der Waals surface area contributed by atoms with Crippen molar-refractivity contribution in [3.05, 3.63) is 48.2 Å². The van der Waals surface area contributed by atoms with Crippen LogP contribution >= 0.6 is 0 Å². The van der Waals surface area contributed by atoms with Gasteiger partial charge >= 0.3 is 0 Å². The first-order chi connectivity index (χ1) is 6.40. The fourth-order valence-corrected chi connectivity index (χ4v) is 1.31. The van der Waals surface area contributed by atoms with Crippen molar-refractivity contribution in [1.82, 2.24) is 0 Å². The van der Waals surface area contributed by atoms with Crippen molar-refractivity contribution in [2.45, 2.75) is 13.3 Å². The van der Waals surface area contributed by atoms with Crippen LogP contribution in [0.15, 0.2) is 47.1 Å². The summed E-state index contributed by atoms with van der Waals surface area (Å²) in [6, 6.07) is 12.2. The van der Waals surface area contributed by atoms with Gasteiger partial charge in [0.05, 0.1) is 6.26 Å². The van der Waals surface area contributed by atoms with E-state index < -0.39 is 0 Å². The molecule has 1 heteroatoms. The predicted octanol–water partition coefficient (Wildman–Crippen LogP) is 3.51. The number of hydrogen-bond donors (Lipinski definition) is 0. The number of hydrogen-bond acceptors (Lipinski definition) is 1. The van der Waals surface area contributed by atoms with Crippen molar-refractivity contribution in [3.63, 3.8) is 0 Å². The maximum absolute atomic E-state index is 5.44. The molecule has 66 valence electrons. The molecule has 1 aromatic heterocycles. The molecule has 0 amide bonds. The summed E-state index contributed by atoms with van der Waals surface area (Å²) in [6.45, 7) is 2.12. The van der Waals surface area contributed by atoms with Gasteiger partial charge in [-0.2, -0.15) is 0 Å². The quantitative estimate of drug-likeness (QED) is 0.675. The van der Waals surface area contributed by atoms with E-state index in [-0.39, 0.29) is 0 Å². The zero-order valence-electron chi connectivity index (χ0n) is 7.66. The molecule has 1 nitrogen and oxygen atoms in total. The molecule has 0 atom stereocenters. The number of furan rings is 1. The first kappa shape index (κ1) is 8.11. The number of rotatable bonds is 2. The molecule has 0 radical (unpaired) electrons. The second-order valence-electron chi connectivity index (χ2n) is 3.04. The highest BCUT2D eigenvalue weighted by molar-refractivity contribution is 5.57. The third-order valence-electron chi connectivity index (χ3n) is 2.12. The van der Waals surface area contributed by atoms with Gasteiger partial charge in [-0.1, -0.05) is 37.3 Å². The summed E-state index contributed by atoms with van der Waals surface area (Å²) in [7, 11) is 0. The van der Waals surface area contributed by atoms with E-state index >= 15 is 0 Å². The van der Waals surface area contributed by atoms with Crippen LogP contribution in [0.1, 0.15) is 12.5 Å². The molecular formula is C12H12O. The monoisotopic (exact) mass is 172 g/mol. The van der Waals surface area contributed by atoms with Crippen LogP contribution in [0.2, 0.25) is 0 Å². The zero-order valence-corrected chi connectivity index (χ0v) is 7.66. The minimum absolute atomic E-state index is 0.956. The molecule has 0 aliphatic heterocycles. The van der Waals surface area contributed by atoms with Crippen LogP contribution in [-0.2, 0) is 6.42 Å². The van der Waals surface area contributed by atoms with Crippen LogP contribution in [0.5, 0.6) is 0 Å². The fraction of sp³-hybridized carbons (Fsp3) is 0.167. The molecule has 0 aliphatic carbocycles. The number of benzene rings is 1. The molecule has 2 aromatic rings. The highest BCUT2D eigenvalue weighted by atomic mass is 16.3. The maximum atomic E-state index is 5.44. The second kappa shape index (κ2) is 3.48. The van der Waals surface area contributed by atoms with E-state index in [4.69, 9.17) is 4.42 Å². The summed E-state index contributed by atoms with van der Waals surface area (Å²) in [4.78, 5) is 0. The van der Waals surface area contributed by atoms with Gasteiger partial charge in [0.15, 0.2) is 0 Å². The number of aryl methyl sites for hydroxylation is 1. The average molecular weight is 172 g/mol. The molecule has 0 bridgehead atoms. The van der Waals surface area contributed by atoms with Gasteiger partial charge in [0.1, 0.15) is 5.76 Å². The first-order valence-electron chi connectivity index (χ1n) is 4.53. The summed E-state index contributed by atoms with van der Waals surface area (Å²) in [5, 5.41) is 0. The SMILES string of the molecule is CCc1coc(-c2ccccc2)c1. The lowest BCUT2D eigenvalue weighted by atomic mass is 10.1. The van der Waals surface area contributed by atoms with Crippen molar-refractivity contribution in [2.24, 2.45) is 0 Å². The molecule has 0 saturated carbocycles. The first-order valence-corrected chi connectivity index (χ1v) is 4.53. The molecule has 0 unspecified atom stereocenters. The molecule has 0 aliphatic rings. The van der Waals surface area contributed by atoms with E-state index in [0.29, 0.717) is 0 Å². The molecule has 1 aromatic carbocycles. The summed E-state index contributed by atoms with van der Waals surface area (Å²) >= 11 is 0. The molecule has 0 spiro atoms. The van der Waals surface area contributed by atoms with Gasteiger partial charge in [-0.3, -0.25) is 0 Å². The van der Waals surface area contributed by atoms with Gasteiger partial charge in [0, 0.05) is 5.56 Å². The summed E-state index contributed by atoms with van der Waals surface area (Å²) in [6.07, 6.45) is 2.85. The van der Waals surface area contributed by atoms with Crippen LogP contribution in [-0.4, -0.2) is 0 Å². The van der Waals surface area contributed by atoms with Crippen LogP contribution in [0.4, 0.5) is 0 Å². The van der Waals surface area contributed by atoms with Gasteiger partial charge in [0.25, 0.3) is 0 Å². The normalized spacial score (nSPS) is 10.2. The van der Waals surface area contributed by atoms with Crippen molar-refractivity contribution in [2.75, 3.05) is 0 Å². The molecule has 0 saturated heterocycles. The van der Waals surface area contributed by atoms with E-state index in [1.54, 1.807) is 0 Å². The Labute approximate surface area is 78.0 Å². The molecule has 2 rings (SSSR count). The predicted molar refractivity (Wildman–Crippen MR) is 53.5 cm³/mol. The lowest BCUT2D eigenvalue weighted by Gasteiger charge is -1.93. The summed E-state index contributed by atoms with van der Waals surface area (Å²) < 4.78 is 5.44. The Morgan fingerprint density at radius 2 is 1.92 bits per heavy atom. The molecule has 1 heterocycles. The Morgan fingerprint density at radius 1 is 1.15 bits per heavy atom. The standard InChI is InChI=1S/C12H12O/c1-2-10-8-12(13-9-10)11-6-4-3-5-7-11/h3-9H,2H2,1H3. The van der Waals surface area contributed by atoms with Crippen LogP contribution in [0.3, 0.4) is 0 Å². The van der Waals surface area contributed by atoms with Gasteiger partial charge in [-0.15, -0.1) is 0 Å². The minimum atomic E-state index is 0.956. The highest BCUT2D eigenvalue weighted by Crippen LogP contribution is 2.21. The Balaban J connectivity index is 2.36. The molecule has 0 fully saturated rings. The Kier molecular flexibility index (Phi) is 2.17. The molecule has 0 N–H and O–H groups in total. The fourth-order valence-electron chi connectivity index (χ4n) is 1.31. The van der Waals surface area contributed by atoms with Crippen LogP contribution < -0.4 is 0 Å². The van der Waals surface area contributed by atoms with Crippen molar-refractivity contribution in [3.8, 4) is 11.3 Å². The van der Waals surface area contributed by atoms with E-state index in [2.05, 4.69) is 25.1 Å². The van der Waals surface area contributed by atoms with Crippen LogP contribution in [0, 0.1) is 0 Å². The third kappa shape index (κ3) is 1.64. The third-order valence-corrected chi connectivity index (χ3v) is 2.12. The lowest BCUT2D eigenvalue weighted by molar-refractivity contribution is 0.579. The van der Waals surface area contributed by atoms with E-state index in [1.165, 1.54) is 5.56 Å². The smallest absolute Gasteiger partial charge is 0.134 e. The van der Waals surface area contributed by atoms with E-state index in [0.717, 1.165) is 17.7 Å². The minimum Gasteiger partial charge on any atom is -0.464 e. The summed E-state index contributed by atoms with van der Waals surface area (Å²) in [5.74, 6) is 0.956. The van der Waals surface area contributed by atoms with Crippen LogP contribution in [0.25, 0.3) is 11.3 Å². The Hall–Kier alpha value is -1.50. The van der Waals surface area contributed by atoms with Crippen molar-refractivity contribution < 1.29 is 4.42 Å². The van der Waals surface area contributed by atoms with E-state index in [1.807, 2.05) is 24.5 Å². The molecule has 13 heavy (non-hydrogen) atoms. The maximum Gasteiger partial charge on any atom is 0.134 e. The van der Waals surface area contributed by atoms with Gasteiger partial charge in [-0.05, 0) is 18.1 Å². The lowest BCUT2D eigenvalue weighted by Crippen LogP contribution is -1.72. The molecular weight excluding hydrogens is 160 g/mol. The topological polar surface area (TPSA) is 13.1 Å². The Bertz CT molecular complexity index is 373. The second-order valence-corrected chi connectivity index (χ2v) is 3.04. The van der Waals surface area contributed by atoms with Crippen molar-refractivity contribution in [1.29, 1.82) is 0 Å². The Morgan fingerprint density at radius 3 is 2.54 bits per heavy atom. The van der Waals surface area contributed by atoms with E-state index in [9.17, 15) is 0 Å².